The Labute approximate surface area is 482 Å². The van der Waals surface area contributed by atoms with Crippen LogP contribution in [0, 0.1) is 40.6 Å². The molecule has 440 valence electrons. The normalized spacial score (nSPS) is 20.7. The molecule has 83 heavy (non-hydrogen) atoms. The molecule has 1 saturated carbocycles. The fraction of sp³-hybridized carbons (Fsp3) is 0.516. The molecule has 1 aliphatic carbocycles. The summed E-state index contributed by atoms with van der Waals surface area (Å²) in [5.41, 5.74) is 2.73. The monoisotopic (exact) mass is 1140 g/mol. The zero-order valence-corrected chi connectivity index (χ0v) is 47.2. The van der Waals surface area contributed by atoms with Gasteiger partial charge in [-0.15, -0.1) is 0 Å². The first-order valence-corrected chi connectivity index (χ1v) is 30.0. The minimum absolute atomic E-state index is 0.00625. The van der Waals surface area contributed by atoms with Gasteiger partial charge in [0.05, 0.1) is 42.9 Å². The number of halogens is 3. The van der Waals surface area contributed by atoms with E-state index >= 15 is 4.39 Å². The molecule has 2 atom stereocenters. The van der Waals surface area contributed by atoms with E-state index in [1.165, 1.54) is 18.2 Å². The number of nitrogens with one attached hydrogen (secondary N) is 3. The van der Waals surface area contributed by atoms with Crippen molar-refractivity contribution in [2.45, 2.75) is 95.6 Å². The van der Waals surface area contributed by atoms with Gasteiger partial charge in [0.25, 0.3) is 17.4 Å². The van der Waals surface area contributed by atoms with Crippen molar-refractivity contribution in [2.75, 3.05) is 91.8 Å². The average molecular weight is 1140 g/mol. The van der Waals surface area contributed by atoms with Crippen molar-refractivity contribution in [2.24, 2.45) is 23.2 Å². The van der Waals surface area contributed by atoms with Crippen LogP contribution in [0.5, 0.6) is 0 Å². The van der Waals surface area contributed by atoms with E-state index in [0.29, 0.717) is 118 Å². The van der Waals surface area contributed by atoms with Gasteiger partial charge in [-0.2, -0.15) is 5.10 Å². The maximum Gasteiger partial charge on any atom is 0.272 e. The summed E-state index contributed by atoms with van der Waals surface area (Å²) in [6.45, 7) is 7.03. The second-order valence-electron chi connectivity index (χ2n) is 24.1. The number of carbonyl (C=O) groups is 5. The molecule has 19 heteroatoms. The molecule has 3 N–H and O–H groups in total. The molecule has 5 aliphatic heterocycles. The Balaban J connectivity index is 0.638. The summed E-state index contributed by atoms with van der Waals surface area (Å²) in [6, 6.07) is 22.0. The van der Waals surface area contributed by atoms with Gasteiger partial charge in [-0.3, -0.25) is 33.7 Å². The second-order valence-corrected chi connectivity index (χ2v) is 24.1. The van der Waals surface area contributed by atoms with E-state index in [9.17, 15) is 37.5 Å². The first-order valence-electron chi connectivity index (χ1n) is 30.0. The van der Waals surface area contributed by atoms with Crippen LogP contribution >= 0.6 is 0 Å². The van der Waals surface area contributed by atoms with Gasteiger partial charge in [-0.1, -0.05) is 61.7 Å². The van der Waals surface area contributed by atoms with Crippen LogP contribution in [-0.4, -0.2) is 162 Å². The third-order valence-corrected chi connectivity index (χ3v) is 19.1. The fourth-order valence-electron chi connectivity index (χ4n) is 14.2. The van der Waals surface area contributed by atoms with Crippen LogP contribution in [0.25, 0.3) is 10.8 Å². The van der Waals surface area contributed by atoms with Gasteiger partial charge in [0.2, 0.25) is 17.7 Å². The molecule has 0 unspecified atom stereocenters. The minimum atomic E-state index is -0.659. The maximum absolute atomic E-state index is 15.2. The largest absolute Gasteiger partial charge is 0.380 e. The Kier molecular flexibility index (Phi) is 18.0. The number of aromatic nitrogens is 2. The van der Waals surface area contributed by atoms with Gasteiger partial charge in [0, 0.05) is 99.2 Å². The number of aromatic amines is 1. The Morgan fingerprint density at radius 2 is 1.40 bits per heavy atom. The van der Waals surface area contributed by atoms with Crippen LogP contribution in [0.15, 0.2) is 89.7 Å². The number of carbonyl (C=O) groups excluding carboxylic acids is 5. The quantitative estimate of drug-likeness (QED) is 0.0927. The Bertz CT molecular complexity index is 3230. The predicted molar refractivity (Wildman–Crippen MR) is 307 cm³/mol. The first-order chi connectivity index (χ1) is 40.3. The Hall–Kier alpha value is -6.96. The number of benzene rings is 4. The van der Waals surface area contributed by atoms with Crippen LogP contribution in [0.4, 0.5) is 13.2 Å². The summed E-state index contributed by atoms with van der Waals surface area (Å²) in [7, 11) is 0. The number of piperazine rings is 1. The summed E-state index contributed by atoms with van der Waals surface area (Å²) < 4.78 is 48.8. The molecule has 6 aliphatic rings. The summed E-state index contributed by atoms with van der Waals surface area (Å²) in [4.78, 5) is 91.4. The first kappa shape index (κ1) is 57.8. The highest BCUT2D eigenvalue weighted by molar-refractivity contribution is 5.98. The summed E-state index contributed by atoms with van der Waals surface area (Å²) in [6.07, 6.45) is 10.5. The Morgan fingerprint density at radius 1 is 0.675 bits per heavy atom. The highest BCUT2D eigenvalue weighted by atomic mass is 19.1. The van der Waals surface area contributed by atoms with Crippen molar-refractivity contribution in [3.05, 3.63) is 146 Å². The number of hydrogen-bond acceptors (Lipinski definition) is 10. The van der Waals surface area contributed by atoms with E-state index in [1.807, 2.05) is 35.2 Å². The molecule has 6 fully saturated rings. The molecule has 5 amide bonds. The van der Waals surface area contributed by atoms with E-state index in [2.05, 4.69) is 25.7 Å². The number of amides is 5. The molecule has 5 saturated heterocycles. The lowest BCUT2D eigenvalue weighted by Crippen LogP contribution is -2.60. The number of nitrogens with zero attached hydrogens (tertiary/aromatic N) is 6. The minimum Gasteiger partial charge on any atom is -0.380 e. The number of hydrogen-bond donors (Lipinski definition) is 3. The summed E-state index contributed by atoms with van der Waals surface area (Å²) in [5.74, 6) is -1.83. The molecule has 0 spiro atoms. The number of H-pyrrole nitrogens is 1. The summed E-state index contributed by atoms with van der Waals surface area (Å²) in [5, 5.41) is 14.2. The SMILES string of the molecule is O=C(N[C@@H](C(=O)N1CCC(C2(C3CCN(CC(=O)N4CCN(C(=O)c5cc(Cc6n[nH]c(=O)c7ccccc67)ccc5F)CC4)CC3)COC2)CC1)C1CCCCC1)c1cccc([C@@H]2CCCN(C(=O)CNCc3ccc(F)cc3F)C2)c1. The standard InChI is InChI=1S/C64H76F3N9O7/c65-50-17-16-46(55(67)35-50)36-68-37-57(77)76-23-7-12-47(38-76)44-10-6-11-45(34-44)60(79)69-59(43-8-2-1-3-9-43)63(82)74-26-21-49(22-27-74)64(40-83-41-64)48-19-24-72(25-20-48)39-58(78)73-28-30-75(31-29-73)62(81)53-32-42(15-18-54(53)66)33-56-51-13-4-5-14-52(51)61(80)71-70-56/h4-6,10-11,13-18,32,34-35,43,47-49,59,68H,1-3,7-9,12,19-31,33,36-41H2,(H,69,79)(H,71,80)/t47-,59-/m1/s1. The highest BCUT2D eigenvalue weighted by Gasteiger charge is 2.52. The van der Waals surface area contributed by atoms with Gasteiger partial charge < -0.3 is 35.0 Å². The van der Waals surface area contributed by atoms with E-state index in [1.54, 1.807) is 45.0 Å². The van der Waals surface area contributed by atoms with Crippen molar-refractivity contribution in [3.63, 3.8) is 0 Å². The zero-order valence-electron chi connectivity index (χ0n) is 47.2. The number of piperidine rings is 3. The number of ether oxygens (including phenoxy) is 1. The second kappa shape index (κ2) is 25.9. The van der Waals surface area contributed by atoms with Crippen LogP contribution in [-0.2, 0) is 32.1 Å². The number of rotatable bonds is 16. The highest BCUT2D eigenvalue weighted by Crippen LogP contribution is 2.51. The molecule has 0 bridgehead atoms. The zero-order chi connectivity index (χ0) is 57.6. The lowest BCUT2D eigenvalue weighted by Gasteiger charge is -2.56. The summed E-state index contributed by atoms with van der Waals surface area (Å²) >= 11 is 0. The molecular weight excluding hydrogens is 1060 g/mol. The van der Waals surface area contributed by atoms with Gasteiger partial charge in [-0.25, -0.2) is 18.3 Å². The molecule has 16 nitrogen and oxygen atoms in total. The molecule has 6 heterocycles. The third kappa shape index (κ3) is 13.1. The van der Waals surface area contributed by atoms with Crippen molar-refractivity contribution >= 4 is 40.3 Å². The molecule has 11 rings (SSSR count). The van der Waals surface area contributed by atoms with Gasteiger partial charge in [0.1, 0.15) is 23.5 Å². The van der Waals surface area contributed by atoms with Crippen LogP contribution in [0.3, 0.4) is 0 Å². The maximum atomic E-state index is 15.2. The number of likely N-dealkylation sites (tertiary alicyclic amines) is 3. The van der Waals surface area contributed by atoms with Crippen molar-refractivity contribution in [1.82, 2.24) is 45.3 Å². The van der Waals surface area contributed by atoms with E-state index < -0.39 is 29.4 Å². The molecule has 5 aromatic rings. The smallest absolute Gasteiger partial charge is 0.272 e. The molecule has 1 aromatic heterocycles. The van der Waals surface area contributed by atoms with E-state index in [4.69, 9.17) is 4.74 Å². The van der Waals surface area contributed by atoms with E-state index in [0.717, 1.165) is 95.3 Å². The fourth-order valence-corrected chi connectivity index (χ4v) is 14.2. The van der Waals surface area contributed by atoms with Gasteiger partial charge >= 0.3 is 0 Å². The van der Waals surface area contributed by atoms with Crippen LogP contribution < -0.4 is 16.2 Å². The number of fused-ring (bicyclic) bond motifs is 1. The average Bonchev–Trinajstić information content (AvgIpc) is 3.70. The van der Waals surface area contributed by atoms with E-state index in [-0.39, 0.29) is 70.7 Å². The van der Waals surface area contributed by atoms with Crippen molar-refractivity contribution in [3.8, 4) is 0 Å². The lowest BCUT2D eigenvalue weighted by molar-refractivity contribution is -0.195. The van der Waals surface area contributed by atoms with Gasteiger partial charge in [0.15, 0.2) is 0 Å². The Morgan fingerprint density at radius 3 is 2.12 bits per heavy atom. The van der Waals surface area contributed by atoms with Crippen molar-refractivity contribution in [1.29, 1.82) is 0 Å². The van der Waals surface area contributed by atoms with Crippen LogP contribution in [0.1, 0.15) is 120 Å². The molecule has 4 aromatic carbocycles. The molecular formula is C64H76F3N9O7. The van der Waals surface area contributed by atoms with Gasteiger partial charge in [-0.05, 0) is 130 Å². The lowest BCUT2D eigenvalue weighted by atomic mass is 9.59. The predicted octanol–water partition coefficient (Wildman–Crippen LogP) is 7.06. The van der Waals surface area contributed by atoms with Crippen LogP contribution in [0.2, 0.25) is 0 Å². The topological polar surface area (TPSA) is 181 Å². The van der Waals surface area contributed by atoms with Crippen molar-refractivity contribution < 1.29 is 41.9 Å². The molecule has 0 radical (unpaired) electrons. The third-order valence-electron chi connectivity index (χ3n) is 19.1.